The van der Waals surface area contributed by atoms with Crippen molar-refractivity contribution in [2.45, 2.75) is 33.1 Å². The first-order valence-electron chi connectivity index (χ1n) is 7.32. The quantitative estimate of drug-likeness (QED) is 0.771. The van der Waals surface area contributed by atoms with Crippen molar-refractivity contribution in [3.63, 3.8) is 0 Å². The first-order chi connectivity index (χ1) is 9.83. The number of hydrogen-bond acceptors (Lipinski definition) is 6. The maximum Gasteiger partial charge on any atom is 0.323 e. The fourth-order valence-electron chi connectivity index (χ4n) is 2.00. The van der Waals surface area contributed by atoms with E-state index in [1.54, 1.807) is 0 Å². The standard InChI is InChI=1S/C14H23N5O/c1-3-5-11-20-14-17-12(15-8-4-2)16-13(18-14)19-9-6-7-10-19/h3,5H,4,6-11H2,1-2H3,(H,15,16,17,18)/b5-3+. The molecule has 1 aromatic rings. The van der Waals surface area contributed by atoms with E-state index in [2.05, 4.69) is 32.1 Å². The number of nitrogens with zero attached hydrogens (tertiary/aromatic N) is 4. The van der Waals surface area contributed by atoms with Crippen LogP contribution in [-0.2, 0) is 0 Å². The first-order valence-corrected chi connectivity index (χ1v) is 7.32. The first kappa shape index (κ1) is 14.6. The average Bonchev–Trinajstić information content (AvgIpc) is 2.99. The number of aromatic nitrogens is 3. The van der Waals surface area contributed by atoms with Gasteiger partial charge in [-0.3, -0.25) is 0 Å². The third kappa shape index (κ3) is 4.08. The molecule has 110 valence electrons. The molecule has 1 N–H and O–H groups in total. The summed E-state index contributed by atoms with van der Waals surface area (Å²) in [6.07, 6.45) is 7.28. The Morgan fingerprint density at radius 2 is 2.05 bits per heavy atom. The summed E-state index contributed by atoms with van der Waals surface area (Å²) in [5.74, 6) is 1.31. The number of rotatable bonds is 7. The lowest BCUT2D eigenvalue weighted by Crippen LogP contribution is -2.22. The van der Waals surface area contributed by atoms with Gasteiger partial charge in [0.15, 0.2) is 0 Å². The third-order valence-corrected chi connectivity index (χ3v) is 3.07. The number of allylic oxidation sites excluding steroid dienone is 1. The minimum Gasteiger partial charge on any atom is -0.459 e. The zero-order valence-electron chi connectivity index (χ0n) is 12.3. The monoisotopic (exact) mass is 277 g/mol. The molecule has 0 radical (unpaired) electrons. The summed E-state index contributed by atoms with van der Waals surface area (Å²) in [4.78, 5) is 15.4. The maximum atomic E-state index is 5.55. The molecule has 0 aromatic carbocycles. The van der Waals surface area contributed by atoms with E-state index in [4.69, 9.17) is 4.74 Å². The van der Waals surface area contributed by atoms with Crippen LogP contribution in [0, 0.1) is 0 Å². The molecular formula is C14H23N5O. The van der Waals surface area contributed by atoms with Gasteiger partial charge in [-0.15, -0.1) is 0 Å². The summed E-state index contributed by atoms with van der Waals surface area (Å²) in [7, 11) is 0. The molecule has 1 saturated heterocycles. The zero-order valence-corrected chi connectivity index (χ0v) is 12.3. The summed E-state index contributed by atoms with van der Waals surface area (Å²) in [5.41, 5.74) is 0. The molecule has 1 aliphatic rings. The Morgan fingerprint density at radius 1 is 1.25 bits per heavy atom. The summed E-state index contributed by atoms with van der Waals surface area (Å²) >= 11 is 0. The van der Waals surface area contributed by atoms with Crippen molar-refractivity contribution in [2.24, 2.45) is 0 Å². The Morgan fingerprint density at radius 3 is 2.75 bits per heavy atom. The number of nitrogens with one attached hydrogen (secondary N) is 1. The van der Waals surface area contributed by atoms with Crippen molar-refractivity contribution in [3.8, 4) is 6.01 Å². The van der Waals surface area contributed by atoms with Gasteiger partial charge in [-0.25, -0.2) is 0 Å². The number of anilines is 2. The van der Waals surface area contributed by atoms with Crippen LogP contribution >= 0.6 is 0 Å². The molecule has 0 spiro atoms. The Hall–Kier alpha value is -1.85. The van der Waals surface area contributed by atoms with Crippen LogP contribution in [0.4, 0.5) is 11.9 Å². The predicted octanol–water partition coefficient (Wildman–Crippen LogP) is 2.25. The molecule has 0 amide bonds. The van der Waals surface area contributed by atoms with Gasteiger partial charge < -0.3 is 15.0 Å². The summed E-state index contributed by atoms with van der Waals surface area (Å²) in [6, 6.07) is 0.388. The molecule has 6 nitrogen and oxygen atoms in total. The van der Waals surface area contributed by atoms with Gasteiger partial charge in [0.25, 0.3) is 0 Å². The lowest BCUT2D eigenvalue weighted by Gasteiger charge is -2.16. The second-order valence-corrected chi connectivity index (χ2v) is 4.74. The molecule has 1 fully saturated rings. The fraction of sp³-hybridized carbons (Fsp3) is 0.643. The predicted molar refractivity (Wildman–Crippen MR) is 80.4 cm³/mol. The largest absolute Gasteiger partial charge is 0.459 e. The minimum absolute atomic E-state index is 0.388. The highest BCUT2D eigenvalue weighted by molar-refractivity contribution is 5.39. The van der Waals surface area contributed by atoms with Crippen molar-refractivity contribution in [1.29, 1.82) is 0 Å². The van der Waals surface area contributed by atoms with Crippen LogP contribution in [0.25, 0.3) is 0 Å². The molecule has 0 bridgehead atoms. The molecule has 1 aliphatic heterocycles. The van der Waals surface area contributed by atoms with E-state index in [-0.39, 0.29) is 0 Å². The lowest BCUT2D eigenvalue weighted by atomic mass is 10.4. The number of ether oxygens (including phenoxy) is 1. The normalized spacial score (nSPS) is 15.0. The molecule has 2 heterocycles. The molecule has 1 aromatic heterocycles. The lowest BCUT2D eigenvalue weighted by molar-refractivity contribution is 0.332. The number of hydrogen-bond donors (Lipinski definition) is 1. The second kappa shape index (κ2) is 7.67. The Kier molecular flexibility index (Phi) is 5.58. The molecule has 0 aliphatic carbocycles. The van der Waals surface area contributed by atoms with Crippen molar-refractivity contribution >= 4 is 11.9 Å². The van der Waals surface area contributed by atoms with Gasteiger partial charge in [0, 0.05) is 19.6 Å². The van der Waals surface area contributed by atoms with E-state index in [0.29, 0.717) is 24.5 Å². The molecule has 0 saturated carbocycles. The van der Waals surface area contributed by atoms with Gasteiger partial charge in [-0.1, -0.05) is 19.1 Å². The highest BCUT2D eigenvalue weighted by atomic mass is 16.5. The van der Waals surface area contributed by atoms with Crippen LogP contribution in [0.2, 0.25) is 0 Å². The molecule has 6 heteroatoms. The highest BCUT2D eigenvalue weighted by Crippen LogP contribution is 2.19. The van der Waals surface area contributed by atoms with E-state index in [1.165, 1.54) is 12.8 Å². The Balaban J connectivity index is 2.13. The van der Waals surface area contributed by atoms with E-state index in [9.17, 15) is 0 Å². The third-order valence-electron chi connectivity index (χ3n) is 3.07. The highest BCUT2D eigenvalue weighted by Gasteiger charge is 2.17. The Bertz CT molecular complexity index is 443. The summed E-state index contributed by atoms with van der Waals surface area (Å²) < 4.78 is 5.55. The van der Waals surface area contributed by atoms with Crippen LogP contribution in [0.15, 0.2) is 12.2 Å². The minimum atomic E-state index is 0.388. The van der Waals surface area contributed by atoms with Crippen molar-refractivity contribution in [1.82, 2.24) is 15.0 Å². The van der Waals surface area contributed by atoms with Gasteiger partial charge >= 0.3 is 6.01 Å². The molecule has 2 rings (SSSR count). The molecule has 0 unspecified atom stereocenters. The van der Waals surface area contributed by atoms with Gasteiger partial charge in [-0.2, -0.15) is 15.0 Å². The fourth-order valence-corrected chi connectivity index (χ4v) is 2.00. The van der Waals surface area contributed by atoms with Gasteiger partial charge in [0.05, 0.1) is 0 Å². The Labute approximate surface area is 120 Å². The topological polar surface area (TPSA) is 63.2 Å². The van der Waals surface area contributed by atoms with Crippen molar-refractivity contribution in [3.05, 3.63) is 12.2 Å². The van der Waals surface area contributed by atoms with Crippen LogP contribution in [-0.4, -0.2) is 41.2 Å². The van der Waals surface area contributed by atoms with Crippen molar-refractivity contribution in [2.75, 3.05) is 36.5 Å². The van der Waals surface area contributed by atoms with Crippen molar-refractivity contribution < 1.29 is 4.74 Å². The van der Waals surface area contributed by atoms with Crippen LogP contribution in [0.3, 0.4) is 0 Å². The summed E-state index contributed by atoms with van der Waals surface area (Å²) in [6.45, 7) is 7.40. The van der Waals surface area contributed by atoms with Crippen LogP contribution in [0.5, 0.6) is 6.01 Å². The summed E-state index contributed by atoms with van der Waals surface area (Å²) in [5, 5.41) is 3.20. The van der Waals surface area contributed by atoms with E-state index >= 15 is 0 Å². The maximum absolute atomic E-state index is 5.55. The second-order valence-electron chi connectivity index (χ2n) is 4.74. The molecular weight excluding hydrogens is 254 g/mol. The van der Waals surface area contributed by atoms with Crippen LogP contribution < -0.4 is 15.0 Å². The van der Waals surface area contributed by atoms with Gasteiger partial charge in [0.1, 0.15) is 6.61 Å². The van der Waals surface area contributed by atoms with E-state index in [0.717, 1.165) is 26.1 Å². The average molecular weight is 277 g/mol. The van der Waals surface area contributed by atoms with Gasteiger partial charge in [0.2, 0.25) is 11.9 Å². The smallest absolute Gasteiger partial charge is 0.323 e. The molecule has 20 heavy (non-hydrogen) atoms. The SMILES string of the molecule is C/C=C/COc1nc(NCCC)nc(N2CCCC2)n1. The van der Waals surface area contributed by atoms with Crippen LogP contribution in [0.1, 0.15) is 33.1 Å². The van der Waals surface area contributed by atoms with Gasteiger partial charge in [-0.05, 0) is 26.2 Å². The van der Waals surface area contributed by atoms with E-state index in [1.807, 2.05) is 19.1 Å². The zero-order chi connectivity index (χ0) is 14.2. The van der Waals surface area contributed by atoms with E-state index < -0.39 is 0 Å². The molecule has 0 atom stereocenters.